The molecule has 5 heavy (non-hydrogen) atoms. The Bertz CT molecular complexity index is 76.1. The number of terminal acetylenes is 1. The van der Waals surface area contributed by atoms with E-state index in [0.717, 1.165) is 0 Å². The van der Waals surface area contributed by atoms with Gasteiger partial charge in [-0.2, -0.15) is 0 Å². The van der Waals surface area contributed by atoms with Crippen molar-refractivity contribution < 1.29 is 0 Å². The molecule has 0 unspecified atom stereocenters. The first kappa shape index (κ1) is 4.59. The third-order valence-corrected chi connectivity index (χ3v) is 0.266. The molecule has 0 saturated carbocycles. The maximum atomic E-state index is 5.03. The summed E-state index contributed by atoms with van der Waals surface area (Å²) in [6, 6.07) is 0. The normalized spacial score (nSPS) is 5.60. The topological polar surface area (TPSA) is 0 Å². The number of rotatable bonds is 0. The largest absolute Gasteiger partial charge is 0.114 e. The molecule has 0 nitrogen and oxygen atoms in total. The second kappa shape index (κ2) is 1.87. The quantitative estimate of drug-likeness (QED) is 0.391. The minimum Gasteiger partial charge on any atom is -0.114 e. The zero-order valence-electron chi connectivity index (χ0n) is 2.66. The van der Waals surface area contributed by atoms with Crippen LogP contribution in [0.1, 0.15) is 0 Å². The van der Waals surface area contributed by atoms with Crippen LogP contribution in [0.2, 0.25) is 0 Å². The van der Waals surface area contributed by atoms with Gasteiger partial charge in [-0.05, 0) is 0 Å². The molecular weight excluding hydrogens is 83.5 g/mol. The van der Waals surface area contributed by atoms with Crippen LogP contribution in [0.4, 0.5) is 0 Å². The first-order chi connectivity index (χ1) is 2.27. The van der Waals surface area contributed by atoms with Crippen molar-refractivity contribution in [1.82, 2.24) is 0 Å². The lowest BCUT2D eigenvalue weighted by molar-refractivity contribution is 2.19. The van der Waals surface area contributed by atoms with Crippen LogP contribution < -0.4 is 0 Å². The van der Waals surface area contributed by atoms with Gasteiger partial charge in [-0.1, -0.05) is 24.1 Å². The van der Waals surface area contributed by atoms with E-state index in [9.17, 15) is 0 Å². The van der Waals surface area contributed by atoms with Crippen LogP contribution in [0.3, 0.4) is 0 Å². The number of hydrogen-bond donors (Lipinski definition) is 0. The highest BCUT2D eigenvalue weighted by Crippen LogP contribution is 1.88. The molecule has 1 heteroatoms. The Morgan fingerprint density at radius 2 is 2.20 bits per heavy atom. The highest BCUT2D eigenvalue weighted by molar-refractivity contribution is 6.31. The molecule has 0 heterocycles. The minimum atomic E-state index is 0.255. The fourth-order valence-electron chi connectivity index (χ4n) is 0. The van der Waals surface area contributed by atoms with Crippen LogP contribution in [0, 0.1) is 12.3 Å². The number of allylic oxidation sites excluding steroid dienone is 1. The van der Waals surface area contributed by atoms with Crippen molar-refractivity contribution in [1.29, 1.82) is 0 Å². The Morgan fingerprint density at radius 3 is 2.20 bits per heavy atom. The monoisotopic (exact) mass is 86.0 g/mol. The predicted molar refractivity (Wildman–Crippen MR) is 23.8 cm³/mol. The molecule has 0 fully saturated rings. The minimum absolute atomic E-state index is 0.255. The van der Waals surface area contributed by atoms with E-state index in [1.165, 1.54) is 0 Å². The van der Waals surface area contributed by atoms with Gasteiger partial charge >= 0.3 is 0 Å². The molecule has 0 aromatic carbocycles. The number of halogens is 1. The van der Waals surface area contributed by atoms with Gasteiger partial charge in [0.25, 0.3) is 0 Å². The van der Waals surface area contributed by atoms with Gasteiger partial charge in [0.2, 0.25) is 0 Å². The summed E-state index contributed by atoms with van der Waals surface area (Å²) in [7, 11) is 0. The standard InChI is InChI=1S/C4H3Cl/c1-3-4(2)5/h1H,2H2. The summed E-state index contributed by atoms with van der Waals surface area (Å²) in [5.41, 5.74) is 0. The molecule has 0 bridgehead atoms. The molecule has 0 atom stereocenters. The van der Waals surface area contributed by atoms with Crippen LogP contribution in [0.25, 0.3) is 0 Å². The van der Waals surface area contributed by atoms with Crippen molar-refractivity contribution in [2.75, 3.05) is 0 Å². The van der Waals surface area contributed by atoms with Crippen molar-refractivity contribution in [3.8, 4) is 12.3 Å². The van der Waals surface area contributed by atoms with Gasteiger partial charge in [0, 0.05) is 0 Å². The Hall–Kier alpha value is -0.410. The molecule has 0 spiro atoms. The summed E-state index contributed by atoms with van der Waals surface area (Å²) >= 11 is 5.03. The van der Waals surface area contributed by atoms with E-state index in [4.69, 9.17) is 11.6 Å². The van der Waals surface area contributed by atoms with Crippen LogP contribution in [-0.4, -0.2) is 0 Å². The van der Waals surface area contributed by atoms with Gasteiger partial charge in [-0.25, -0.2) is 0 Å². The van der Waals surface area contributed by atoms with E-state index in [1.54, 1.807) is 0 Å². The Morgan fingerprint density at radius 1 is 2.00 bits per heavy atom. The van der Waals surface area contributed by atoms with E-state index >= 15 is 0 Å². The molecule has 0 radical (unpaired) electrons. The summed E-state index contributed by atoms with van der Waals surface area (Å²) in [6.07, 6.45) is 4.69. The zero-order chi connectivity index (χ0) is 4.28. The lowest BCUT2D eigenvalue weighted by Gasteiger charge is -1.63. The molecule has 0 aromatic heterocycles. The molecule has 0 saturated heterocycles. The van der Waals surface area contributed by atoms with Crippen LogP contribution >= 0.6 is 11.6 Å². The third kappa shape index (κ3) is 3.59. The van der Waals surface area contributed by atoms with Gasteiger partial charge in [-0.3, -0.25) is 0 Å². The molecular formula is C4H3Cl. The fraction of sp³-hybridized carbons (Fsp3) is 0. The Labute approximate surface area is 36.4 Å². The first-order valence-corrected chi connectivity index (χ1v) is 1.46. The number of hydrogen-bond acceptors (Lipinski definition) is 0. The second-order valence-corrected chi connectivity index (χ2v) is 1.01. The highest BCUT2D eigenvalue weighted by Gasteiger charge is 1.63. The molecule has 0 aliphatic heterocycles. The van der Waals surface area contributed by atoms with Gasteiger partial charge < -0.3 is 0 Å². The molecule has 0 aromatic rings. The summed E-state index contributed by atoms with van der Waals surface area (Å²) in [6.45, 7) is 3.20. The molecule has 0 N–H and O–H groups in total. The van der Waals surface area contributed by atoms with Crippen molar-refractivity contribution >= 4 is 11.6 Å². The molecule has 26 valence electrons. The van der Waals surface area contributed by atoms with E-state index < -0.39 is 0 Å². The lowest BCUT2D eigenvalue weighted by Crippen LogP contribution is -1.45. The van der Waals surface area contributed by atoms with Gasteiger partial charge in [0.1, 0.15) is 0 Å². The Kier molecular flexibility index (Phi) is 1.72. The molecule has 0 aliphatic carbocycles. The van der Waals surface area contributed by atoms with Crippen molar-refractivity contribution in [2.24, 2.45) is 0 Å². The second-order valence-electron chi connectivity index (χ2n) is 0.549. The maximum absolute atomic E-state index is 5.03. The molecule has 0 rings (SSSR count). The average Bonchev–Trinajstić information content (AvgIpc) is 1.38. The van der Waals surface area contributed by atoms with Crippen molar-refractivity contribution in [2.45, 2.75) is 0 Å². The Balaban J connectivity index is 3.35. The van der Waals surface area contributed by atoms with Crippen molar-refractivity contribution in [3.63, 3.8) is 0 Å². The van der Waals surface area contributed by atoms with Crippen LogP contribution in [0.15, 0.2) is 11.6 Å². The summed E-state index contributed by atoms with van der Waals surface area (Å²) in [5.74, 6) is 2.10. The zero-order valence-corrected chi connectivity index (χ0v) is 3.42. The van der Waals surface area contributed by atoms with Gasteiger partial charge in [0.15, 0.2) is 0 Å². The fourth-order valence-corrected chi connectivity index (χ4v) is 0. The molecule has 0 amide bonds. The van der Waals surface area contributed by atoms with Gasteiger partial charge in [-0.15, -0.1) is 6.42 Å². The summed E-state index contributed by atoms with van der Waals surface area (Å²) in [4.78, 5) is 0. The van der Waals surface area contributed by atoms with E-state index in [0.29, 0.717) is 0 Å². The predicted octanol–water partition coefficient (Wildman–Crippen LogP) is 1.37. The van der Waals surface area contributed by atoms with Gasteiger partial charge in [0.05, 0.1) is 5.03 Å². The van der Waals surface area contributed by atoms with Crippen LogP contribution in [0.5, 0.6) is 0 Å². The van der Waals surface area contributed by atoms with E-state index in [-0.39, 0.29) is 5.03 Å². The lowest BCUT2D eigenvalue weighted by atomic mass is 10.7. The van der Waals surface area contributed by atoms with E-state index in [2.05, 4.69) is 18.9 Å². The SMILES string of the molecule is C#CC(=C)Cl. The van der Waals surface area contributed by atoms with Crippen molar-refractivity contribution in [3.05, 3.63) is 11.6 Å². The third-order valence-electron chi connectivity index (χ3n) is 0.157. The maximum Gasteiger partial charge on any atom is 0.0829 e. The highest BCUT2D eigenvalue weighted by atomic mass is 35.5. The average molecular weight is 86.5 g/mol. The summed E-state index contributed by atoms with van der Waals surface area (Å²) in [5, 5.41) is 0.255. The summed E-state index contributed by atoms with van der Waals surface area (Å²) < 4.78 is 0. The van der Waals surface area contributed by atoms with E-state index in [1.807, 2.05) is 0 Å². The smallest absolute Gasteiger partial charge is 0.0829 e. The first-order valence-electron chi connectivity index (χ1n) is 1.08. The molecule has 0 aliphatic rings. The van der Waals surface area contributed by atoms with Crippen LogP contribution in [-0.2, 0) is 0 Å².